The molecule has 0 unspecified atom stereocenters. The van der Waals surface area contributed by atoms with Crippen molar-refractivity contribution in [3.8, 4) is 11.3 Å². The standard InChI is InChI=1S/C17H22ClO4P/c1-5-20-23(19,21-6-2)16-11-15(12(3)4)22-17(16)13-7-9-14(18)10-8-13/h7-12H,5-6H2,1-4H3. The van der Waals surface area contributed by atoms with Gasteiger partial charge in [-0.1, -0.05) is 25.4 Å². The van der Waals surface area contributed by atoms with Crippen molar-refractivity contribution in [2.24, 2.45) is 0 Å². The van der Waals surface area contributed by atoms with Crippen molar-refractivity contribution in [3.63, 3.8) is 0 Å². The first-order chi connectivity index (χ1) is 10.9. The number of benzene rings is 1. The largest absolute Gasteiger partial charge is 0.460 e. The third kappa shape index (κ3) is 4.07. The van der Waals surface area contributed by atoms with Crippen molar-refractivity contribution in [1.29, 1.82) is 0 Å². The quantitative estimate of drug-likeness (QED) is 0.604. The lowest BCUT2D eigenvalue weighted by Gasteiger charge is -2.16. The Bertz CT molecular complexity index is 681. The molecular weight excluding hydrogens is 335 g/mol. The van der Waals surface area contributed by atoms with Crippen LogP contribution >= 0.6 is 19.2 Å². The first kappa shape index (κ1) is 18.3. The van der Waals surface area contributed by atoms with E-state index in [0.717, 1.165) is 11.3 Å². The molecular formula is C17H22ClO4P. The molecule has 4 nitrogen and oxygen atoms in total. The second-order valence-electron chi connectivity index (χ2n) is 5.36. The van der Waals surface area contributed by atoms with Crippen LogP contribution in [0.1, 0.15) is 39.4 Å². The van der Waals surface area contributed by atoms with Gasteiger partial charge in [0.2, 0.25) is 0 Å². The van der Waals surface area contributed by atoms with Crippen LogP contribution in [0, 0.1) is 0 Å². The summed E-state index contributed by atoms with van der Waals surface area (Å²) in [5.74, 6) is 1.41. The molecule has 0 saturated carbocycles. The first-order valence-corrected chi connectivity index (χ1v) is 9.62. The molecule has 6 heteroatoms. The molecule has 1 aromatic carbocycles. The Morgan fingerprint density at radius 3 is 2.17 bits per heavy atom. The molecule has 23 heavy (non-hydrogen) atoms. The van der Waals surface area contributed by atoms with E-state index in [-0.39, 0.29) is 5.92 Å². The van der Waals surface area contributed by atoms with E-state index in [2.05, 4.69) is 0 Å². The molecule has 0 radical (unpaired) electrons. The van der Waals surface area contributed by atoms with E-state index >= 15 is 0 Å². The maximum Gasteiger partial charge on any atom is 0.365 e. The number of hydrogen-bond donors (Lipinski definition) is 0. The van der Waals surface area contributed by atoms with E-state index in [9.17, 15) is 4.57 Å². The van der Waals surface area contributed by atoms with E-state index in [1.54, 1.807) is 32.0 Å². The van der Waals surface area contributed by atoms with Crippen LogP contribution in [0.15, 0.2) is 34.7 Å². The lowest BCUT2D eigenvalue weighted by atomic mass is 10.1. The van der Waals surface area contributed by atoms with Crippen LogP contribution in [0.5, 0.6) is 0 Å². The molecule has 0 amide bonds. The molecule has 0 atom stereocenters. The van der Waals surface area contributed by atoms with Gasteiger partial charge >= 0.3 is 7.60 Å². The topological polar surface area (TPSA) is 48.7 Å². The zero-order valence-corrected chi connectivity index (χ0v) is 15.5. The van der Waals surface area contributed by atoms with E-state index in [0.29, 0.717) is 29.3 Å². The highest BCUT2D eigenvalue weighted by Gasteiger charge is 2.34. The highest BCUT2D eigenvalue weighted by atomic mass is 35.5. The van der Waals surface area contributed by atoms with Gasteiger partial charge in [0, 0.05) is 16.5 Å². The second kappa shape index (κ2) is 7.67. The lowest BCUT2D eigenvalue weighted by Crippen LogP contribution is -2.11. The summed E-state index contributed by atoms with van der Waals surface area (Å²) in [4.78, 5) is 0. The highest BCUT2D eigenvalue weighted by molar-refractivity contribution is 7.62. The molecule has 0 spiro atoms. The third-order valence-corrected chi connectivity index (χ3v) is 5.67. The second-order valence-corrected chi connectivity index (χ2v) is 7.79. The molecule has 0 fully saturated rings. The van der Waals surface area contributed by atoms with Gasteiger partial charge in [0.15, 0.2) is 0 Å². The van der Waals surface area contributed by atoms with Crippen molar-refractivity contribution in [3.05, 3.63) is 41.1 Å². The minimum atomic E-state index is -3.43. The monoisotopic (exact) mass is 356 g/mol. The van der Waals surface area contributed by atoms with E-state index < -0.39 is 7.60 Å². The lowest BCUT2D eigenvalue weighted by molar-refractivity contribution is 0.230. The van der Waals surface area contributed by atoms with Crippen molar-refractivity contribution in [1.82, 2.24) is 0 Å². The summed E-state index contributed by atoms with van der Waals surface area (Å²) in [5, 5.41) is 1.09. The normalized spacial score (nSPS) is 12.1. The smallest absolute Gasteiger partial charge is 0.365 e. The van der Waals surface area contributed by atoms with E-state index in [1.165, 1.54) is 0 Å². The zero-order valence-electron chi connectivity index (χ0n) is 13.8. The minimum absolute atomic E-state index is 0.159. The Hall–Kier alpha value is -1.06. The fraction of sp³-hybridized carbons (Fsp3) is 0.412. The Morgan fingerprint density at radius 2 is 1.70 bits per heavy atom. The Kier molecular flexibility index (Phi) is 6.10. The van der Waals surface area contributed by atoms with Crippen LogP contribution in [0.4, 0.5) is 0 Å². The summed E-state index contributed by atoms with van der Waals surface area (Å²) in [6.45, 7) is 8.19. The predicted octanol–water partition coefficient (Wildman–Crippen LogP) is 5.61. The summed E-state index contributed by atoms with van der Waals surface area (Å²) in [7, 11) is -3.43. The number of halogens is 1. The van der Waals surface area contributed by atoms with E-state index in [1.807, 2.05) is 26.0 Å². The molecule has 0 saturated heterocycles. The van der Waals surface area contributed by atoms with Gasteiger partial charge in [-0.05, 0) is 44.2 Å². The van der Waals surface area contributed by atoms with Gasteiger partial charge in [0.05, 0.1) is 13.2 Å². The van der Waals surface area contributed by atoms with Crippen LogP contribution in [-0.2, 0) is 13.6 Å². The predicted molar refractivity (Wildman–Crippen MR) is 93.7 cm³/mol. The Morgan fingerprint density at radius 1 is 1.13 bits per heavy atom. The SMILES string of the molecule is CCOP(=O)(OCC)c1cc(C(C)C)oc1-c1ccc(Cl)cc1. The van der Waals surface area contributed by atoms with Crippen LogP contribution in [-0.4, -0.2) is 13.2 Å². The maximum absolute atomic E-state index is 13.2. The average Bonchev–Trinajstić information content (AvgIpc) is 2.94. The molecule has 0 bridgehead atoms. The van der Waals surface area contributed by atoms with Crippen LogP contribution in [0.25, 0.3) is 11.3 Å². The molecule has 126 valence electrons. The molecule has 2 rings (SSSR count). The summed E-state index contributed by atoms with van der Waals surface area (Å²) in [6, 6.07) is 8.98. The third-order valence-electron chi connectivity index (χ3n) is 3.30. The van der Waals surface area contributed by atoms with Gasteiger partial charge in [-0.2, -0.15) is 0 Å². The van der Waals surface area contributed by atoms with Crippen molar-refractivity contribution in [2.75, 3.05) is 13.2 Å². The molecule has 0 N–H and O–H groups in total. The fourth-order valence-corrected chi connectivity index (χ4v) is 4.08. The number of hydrogen-bond acceptors (Lipinski definition) is 4. The molecule has 1 heterocycles. The van der Waals surface area contributed by atoms with Gasteiger partial charge in [-0.25, -0.2) is 0 Å². The molecule has 0 aliphatic heterocycles. The van der Waals surface area contributed by atoms with Crippen LogP contribution in [0.3, 0.4) is 0 Å². The van der Waals surface area contributed by atoms with Gasteiger partial charge in [0.25, 0.3) is 0 Å². The highest BCUT2D eigenvalue weighted by Crippen LogP contribution is 2.50. The zero-order chi connectivity index (χ0) is 17.0. The minimum Gasteiger partial charge on any atom is -0.460 e. The van der Waals surface area contributed by atoms with Crippen molar-refractivity contribution in [2.45, 2.75) is 33.6 Å². The first-order valence-electron chi connectivity index (χ1n) is 7.70. The van der Waals surface area contributed by atoms with E-state index in [4.69, 9.17) is 25.1 Å². The summed E-state index contributed by atoms with van der Waals surface area (Å²) in [6.07, 6.45) is 0. The number of furan rings is 1. The van der Waals surface area contributed by atoms with Crippen LogP contribution in [0.2, 0.25) is 5.02 Å². The molecule has 1 aromatic heterocycles. The Balaban J connectivity index is 2.61. The van der Waals surface area contributed by atoms with Gasteiger partial charge in [-0.3, -0.25) is 4.57 Å². The van der Waals surface area contributed by atoms with Crippen molar-refractivity contribution >= 4 is 24.5 Å². The molecule has 0 aliphatic rings. The summed E-state index contributed by atoms with van der Waals surface area (Å²) >= 11 is 5.95. The molecule has 0 aliphatic carbocycles. The summed E-state index contributed by atoms with van der Waals surface area (Å²) < 4.78 is 30.1. The number of rotatable bonds is 7. The Labute approximate surface area is 142 Å². The van der Waals surface area contributed by atoms with Gasteiger partial charge in [0.1, 0.15) is 16.8 Å². The fourth-order valence-electron chi connectivity index (χ4n) is 2.21. The average molecular weight is 357 g/mol. The van der Waals surface area contributed by atoms with Gasteiger partial charge in [-0.15, -0.1) is 0 Å². The van der Waals surface area contributed by atoms with Gasteiger partial charge < -0.3 is 13.5 Å². The molecule has 2 aromatic rings. The van der Waals surface area contributed by atoms with Crippen LogP contribution < -0.4 is 5.30 Å². The van der Waals surface area contributed by atoms with Crippen molar-refractivity contribution < 1.29 is 18.0 Å². The summed E-state index contributed by atoms with van der Waals surface area (Å²) in [5.41, 5.74) is 0.788. The maximum atomic E-state index is 13.2.